The Morgan fingerprint density at radius 2 is 0.880 bits per heavy atom. The molecule has 5 aromatic carbocycles. The van der Waals surface area contributed by atoms with E-state index in [4.69, 9.17) is 8.83 Å². The normalized spacial score (nSPS) is 11.5. The van der Waals surface area contributed by atoms with Crippen molar-refractivity contribution in [1.82, 2.24) is 29.9 Å². The van der Waals surface area contributed by atoms with E-state index in [0.29, 0.717) is 44.2 Å². The Labute approximate surface area is 282 Å². The molecule has 0 spiro atoms. The summed E-state index contributed by atoms with van der Waals surface area (Å²) in [4.78, 5) is 52.4. The summed E-state index contributed by atoms with van der Waals surface area (Å²) in [5.41, 5.74) is 8.36. The van der Waals surface area contributed by atoms with Crippen molar-refractivity contribution in [3.8, 4) is 23.2 Å². The van der Waals surface area contributed by atoms with Crippen LogP contribution in [0.2, 0.25) is 0 Å². The molecule has 0 saturated heterocycles. The summed E-state index contributed by atoms with van der Waals surface area (Å²) < 4.78 is 10.9. The first kappa shape index (κ1) is 29.2. The molecule has 0 fully saturated rings. The first-order valence-electron chi connectivity index (χ1n) is 15.9. The van der Waals surface area contributed by atoms with Crippen molar-refractivity contribution in [1.29, 1.82) is 0 Å². The van der Waals surface area contributed by atoms with Gasteiger partial charge in [0.15, 0.2) is 0 Å². The van der Waals surface area contributed by atoms with Gasteiger partial charge in [-0.3, -0.25) is 9.97 Å². The molecule has 0 aliphatic heterocycles. The van der Waals surface area contributed by atoms with Crippen molar-refractivity contribution in [2.24, 2.45) is 0 Å². The van der Waals surface area contributed by atoms with Crippen molar-refractivity contribution >= 4 is 43.9 Å². The van der Waals surface area contributed by atoms with Crippen LogP contribution in [0.3, 0.4) is 0 Å². The van der Waals surface area contributed by atoms with Crippen LogP contribution in [0.15, 0.2) is 140 Å². The van der Waals surface area contributed by atoms with Crippen LogP contribution in [-0.2, 0) is 12.8 Å². The second-order valence-corrected chi connectivity index (χ2v) is 12.0. The van der Waals surface area contributed by atoms with Crippen LogP contribution in [0, 0.1) is 0 Å². The summed E-state index contributed by atoms with van der Waals surface area (Å²) >= 11 is 0. The Balaban J connectivity index is 0.925. The number of rotatable bonds is 6. The van der Waals surface area contributed by atoms with Gasteiger partial charge in [0.05, 0.1) is 56.3 Å². The van der Waals surface area contributed by atoms with E-state index >= 15 is 0 Å². The summed E-state index contributed by atoms with van der Waals surface area (Å²) in [7, 11) is 0. The van der Waals surface area contributed by atoms with Gasteiger partial charge in [0.1, 0.15) is 11.4 Å². The second kappa shape index (κ2) is 11.9. The molecule has 0 N–H and O–H groups in total. The molecule has 4 heterocycles. The van der Waals surface area contributed by atoms with E-state index in [9.17, 15) is 9.59 Å². The molecule has 10 nitrogen and oxygen atoms in total. The Kier molecular flexibility index (Phi) is 6.98. The minimum absolute atomic E-state index is 0.139. The molecular formula is C40H24N6O4. The Morgan fingerprint density at radius 1 is 0.420 bits per heavy atom. The van der Waals surface area contributed by atoms with Gasteiger partial charge in [-0.05, 0) is 83.6 Å². The summed E-state index contributed by atoms with van der Waals surface area (Å²) in [6.45, 7) is 0. The van der Waals surface area contributed by atoms with E-state index in [1.165, 1.54) is 11.1 Å². The van der Waals surface area contributed by atoms with E-state index in [1.807, 2.05) is 48.5 Å². The van der Waals surface area contributed by atoms with Gasteiger partial charge in [0.2, 0.25) is 0 Å². The van der Waals surface area contributed by atoms with Gasteiger partial charge in [-0.2, -0.15) is 0 Å². The molecule has 10 heteroatoms. The molecule has 0 amide bonds. The van der Waals surface area contributed by atoms with Crippen molar-refractivity contribution in [2.75, 3.05) is 0 Å². The van der Waals surface area contributed by atoms with E-state index in [0.717, 1.165) is 35.0 Å². The molecule has 238 valence electrons. The fraction of sp³-hybridized carbons (Fsp3) is 0.0500. The number of nitrogens with zero attached hydrogens (tertiary/aromatic N) is 6. The van der Waals surface area contributed by atoms with Crippen molar-refractivity contribution in [2.45, 2.75) is 12.8 Å². The molecular weight excluding hydrogens is 628 g/mol. The van der Waals surface area contributed by atoms with Crippen molar-refractivity contribution < 1.29 is 8.83 Å². The molecule has 0 aliphatic rings. The third kappa shape index (κ3) is 5.54. The monoisotopic (exact) mass is 652 g/mol. The van der Waals surface area contributed by atoms with Gasteiger partial charge >= 0.3 is 11.3 Å². The lowest BCUT2D eigenvalue weighted by molar-refractivity contribution is 0.516. The largest absolute Gasteiger partial charge is 0.401 e. The summed E-state index contributed by atoms with van der Waals surface area (Å²) in [5.74, 6) is 0.278. The standard InChI is InChI=1S/C40H24N6O4/c47-39-27-8-1-3-10-29(27)45-37(49-39)35-21-41-33-19-25(12-14-31(33)43-35)17-23-6-5-7-24(16-23)18-26-13-15-32-34(20-26)42-22-36(44-32)38-46-30-11-4-2-9-28(30)40(48)50-38/h1-16,19-22H,17-18H2. The van der Waals surface area contributed by atoms with Gasteiger partial charge in [-0.25, -0.2) is 29.5 Å². The highest BCUT2D eigenvalue weighted by atomic mass is 16.4. The molecule has 0 saturated carbocycles. The summed E-state index contributed by atoms with van der Waals surface area (Å²) in [5, 5.41) is 0.849. The second-order valence-electron chi connectivity index (χ2n) is 12.0. The maximum atomic E-state index is 12.5. The van der Waals surface area contributed by atoms with Crippen LogP contribution in [-0.4, -0.2) is 29.9 Å². The van der Waals surface area contributed by atoms with E-state index in [2.05, 4.69) is 54.2 Å². The van der Waals surface area contributed by atoms with Crippen LogP contribution in [0.5, 0.6) is 0 Å². The first-order chi connectivity index (χ1) is 24.5. The predicted molar refractivity (Wildman–Crippen MR) is 190 cm³/mol. The molecule has 0 unspecified atom stereocenters. The SMILES string of the molecule is O=c1oc(-c2cnc3cc(Cc4cccc(Cc5ccc6nc(-c7nc8ccccc8c(=O)o7)cnc6c5)c4)ccc3n2)nc2ccccc12. The number of hydrogen-bond acceptors (Lipinski definition) is 10. The highest BCUT2D eigenvalue weighted by Gasteiger charge is 2.13. The fourth-order valence-electron chi connectivity index (χ4n) is 6.12. The molecule has 4 aromatic heterocycles. The fourth-order valence-corrected chi connectivity index (χ4v) is 6.12. The quantitative estimate of drug-likeness (QED) is 0.183. The zero-order valence-corrected chi connectivity index (χ0v) is 26.3. The molecule has 0 aliphatic carbocycles. The van der Waals surface area contributed by atoms with Crippen LogP contribution < -0.4 is 11.3 Å². The maximum Gasteiger partial charge on any atom is 0.347 e. The Hall–Kier alpha value is -6.94. The molecule has 0 radical (unpaired) electrons. The van der Waals surface area contributed by atoms with Crippen molar-refractivity contribution in [3.05, 3.63) is 165 Å². The van der Waals surface area contributed by atoms with Gasteiger partial charge in [0, 0.05) is 0 Å². The van der Waals surface area contributed by atoms with Gasteiger partial charge < -0.3 is 8.83 Å². The summed E-state index contributed by atoms with van der Waals surface area (Å²) in [6, 6.07) is 34.6. The first-order valence-corrected chi connectivity index (χ1v) is 15.9. The smallest absolute Gasteiger partial charge is 0.347 e. The Morgan fingerprint density at radius 3 is 1.38 bits per heavy atom. The third-order valence-corrected chi connectivity index (χ3v) is 8.53. The van der Waals surface area contributed by atoms with E-state index < -0.39 is 11.3 Å². The lowest BCUT2D eigenvalue weighted by atomic mass is 9.99. The highest BCUT2D eigenvalue weighted by molar-refractivity contribution is 5.81. The predicted octanol–water partition coefficient (Wildman–Crippen LogP) is 7.09. The zero-order valence-electron chi connectivity index (χ0n) is 26.3. The summed E-state index contributed by atoms with van der Waals surface area (Å²) in [6.07, 6.45) is 4.61. The van der Waals surface area contributed by atoms with Crippen molar-refractivity contribution in [3.63, 3.8) is 0 Å². The maximum absolute atomic E-state index is 12.5. The lowest BCUT2D eigenvalue weighted by Crippen LogP contribution is -2.03. The molecule has 9 aromatic rings. The zero-order chi connectivity index (χ0) is 33.6. The molecule has 0 bridgehead atoms. The average molecular weight is 653 g/mol. The topological polar surface area (TPSA) is 138 Å². The Bertz CT molecular complexity index is 2710. The van der Waals surface area contributed by atoms with Gasteiger partial charge in [-0.1, -0.05) is 60.7 Å². The lowest BCUT2D eigenvalue weighted by Gasteiger charge is -2.08. The van der Waals surface area contributed by atoms with E-state index in [1.54, 1.807) is 48.8 Å². The van der Waals surface area contributed by atoms with Gasteiger partial charge in [0.25, 0.3) is 11.8 Å². The molecule has 0 atom stereocenters. The van der Waals surface area contributed by atoms with Gasteiger partial charge in [-0.15, -0.1) is 0 Å². The number of benzene rings is 5. The molecule has 50 heavy (non-hydrogen) atoms. The third-order valence-electron chi connectivity index (χ3n) is 8.53. The van der Waals surface area contributed by atoms with Crippen LogP contribution in [0.1, 0.15) is 22.3 Å². The minimum Gasteiger partial charge on any atom is -0.401 e. The number of para-hydroxylation sites is 2. The highest BCUT2D eigenvalue weighted by Crippen LogP contribution is 2.23. The number of aromatic nitrogens is 6. The van der Waals surface area contributed by atoms with Crippen LogP contribution in [0.25, 0.3) is 67.0 Å². The van der Waals surface area contributed by atoms with E-state index in [-0.39, 0.29) is 11.8 Å². The average Bonchev–Trinajstić information content (AvgIpc) is 3.14. The van der Waals surface area contributed by atoms with Crippen LogP contribution in [0.4, 0.5) is 0 Å². The van der Waals surface area contributed by atoms with Crippen LogP contribution >= 0.6 is 0 Å². The minimum atomic E-state index is -0.458. The number of fused-ring (bicyclic) bond motifs is 4. The number of hydrogen-bond donors (Lipinski definition) is 0. The molecule has 9 rings (SSSR count).